The molecule has 4 fully saturated rings. The zero-order valence-corrected chi connectivity index (χ0v) is 18.4. The van der Waals surface area contributed by atoms with Crippen molar-refractivity contribution in [1.29, 1.82) is 0 Å². The van der Waals surface area contributed by atoms with Crippen LogP contribution in [-0.2, 0) is 37.5 Å². The maximum absolute atomic E-state index is 12.8. The number of ketones is 1. The molecule has 4 saturated carbocycles. The Morgan fingerprint density at radius 1 is 1.00 bits per heavy atom. The monoisotopic (exact) mass is 410 g/mol. The summed E-state index contributed by atoms with van der Waals surface area (Å²) in [7, 11) is 0. The molecule has 0 amide bonds. The third-order valence-corrected chi connectivity index (χ3v) is 5.94. The first-order valence-electron chi connectivity index (χ1n) is 9.59. The molecule has 0 aliphatic heterocycles. The van der Waals surface area contributed by atoms with Crippen molar-refractivity contribution in [3.05, 3.63) is 54.1 Å². The molecule has 2 heteroatoms. The summed E-state index contributed by atoms with van der Waals surface area (Å²) in [6.07, 6.45) is 16.3. The average molecular weight is 410 g/mol. The van der Waals surface area contributed by atoms with E-state index >= 15 is 0 Å². The number of benzene rings is 1. The second kappa shape index (κ2) is 9.42. The molecule has 0 N–H and O–H groups in total. The van der Waals surface area contributed by atoms with E-state index in [0.29, 0.717) is 5.78 Å². The van der Waals surface area contributed by atoms with Gasteiger partial charge in [0.15, 0.2) is 0 Å². The molecule has 0 atom stereocenters. The molecule has 4 aliphatic rings. The maximum Gasteiger partial charge on any atom is 0.109 e. The van der Waals surface area contributed by atoms with Crippen LogP contribution >= 0.6 is 0 Å². The molecule has 0 spiro atoms. The maximum atomic E-state index is 12.8. The first kappa shape index (κ1) is 20.8. The number of hydrogen-bond donors (Lipinski definition) is 0. The van der Waals surface area contributed by atoms with Crippen LogP contribution in [-0.4, -0.2) is 5.78 Å². The van der Waals surface area contributed by atoms with Crippen molar-refractivity contribution in [2.45, 2.75) is 52.4 Å². The van der Waals surface area contributed by atoms with Gasteiger partial charge in [-0.1, -0.05) is 32.0 Å². The Morgan fingerprint density at radius 3 is 2.04 bits per heavy atom. The third kappa shape index (κ3) is 4.80. The first-order valence-corrected chi connectivity index (χ1v) is 9.59. The molecule has 1 radical (unpaired) electrons. The Morgan fingerprint density at radius 2 is 1.52 bits per heavy atom. The third-order valence-electron chi connectivity index (χ3n) is 5.94. The van der Waals surface area contributed by atoms with Crippen LogP contribution in [0.25, 0.3) is 6.08 Å². The van der Waals surface area contributed by atoms with E-state index in [9.17, 15) is 4.79 Å². The van der Waals surface area contributed by atoms with Crippen molar-refractivity contribution in [1.82, 2.24) is 0 Å². The van der Waals surface area contributed by atoms with Crippen molar-refractivity contribution >= 4 is 11.9 Å². The van der Waals surface area contributed by atoms with Gasteiger partial charge < -0.3 is 4.79 Å². The van der Waals surface area contributed by atoms with E-state index in [0.717, 1.165) is 42.6 Å². The van der Waals surface area contributed by atoms with Crippen molar-refractivity contribution in [2.24, 2.45) is 23.2 Å². The molecule has 0 unspecified atom stereocenters. The summed E-state index contributed by atoms with van der Waals surface area (Å²) >= 11 is 0. The summed E-state index contributed by atoms with van der Waals surface area (Å²) in [5, 5.41) is 0. The summed E-state index contributed by atoms with van der Waals surface area (Å²) < 4.78 is 0. The van der Waals surface area contributed by atoms with E-state index in [2.05, 4.69) is 6.08 Å². The van der Waals surface area contributed by atoms with Gasteiger partial charge in [-0.05, 0) is 56.3 Å². The van der Waals surface area contributed by atoms with Gasteiger partial charge in [0.2, 0.25) is 0 Å². The molecule has 25 heavy (non-hydrogen) atoms. The van der Waals surface area contributed by atoms with Crippen LogP contribution in [0.1, 0.15) is 57.9 Å². The minimum Gasteiger partial charge on any atom is -0.309 e. The van der Waals surface area contributed by atoms with Gasteiger partial charge in [0.1, 0.15) is 5.78 Å². The van der Waals surface area contributed by atoms with Gasteiger partial charge in [-0.15, -0.1) is 23.8 Å². The number of rotatable bonds is 4. The van der Waals surface area contributed by atoms with Crippen LogP contribution in [0.5, 0.6) is 0 Å². The van der Waals surface area contributed by atoms with Crippen LogP contribution < -0.4 is 0 Å². The Bertz CT molecular complexity index is 579. The Kier molecular flexibility index (Phi) is 7.83. The molecule has 5 rings (SSSR count). The van der Waals surface area contributed by atoms with Crippen LogP contribution in [0.15, 0.2) is 42.5 Å². The van der Waals surface area contributed by atoms with Gasteiger partial charge >= 0.3 is 0 Å². The number of carbonyl (C=O) groups is 1. The summed E-state index contributed by atoms with van der Waals surface area (Å²) in [5.74, 6) is 2.84. The quantitative estimate of drug-likeness (QED) is 0.345. The molecular formula is C23H29OY-. The zero-order valence-electron chi connectivity index (χ0n) is 15.6. The van der Waals surface area contributed by atoms with Gasteiger partial charge in [0, 0.05) is 38.1 Å². The predicted molar refractivity (Wildman–Crippen MR) is 100 cm³/mol. The van der Waals surface area contributed by atoms with E-state index in [1.807, 2.05) is 56.3 Å². The fraction of sp³-hybridized carbons (Fsp3) is 0.522. The SMILES string of the molecule is CC.O=C(/C=C/[C-]=Cc1ccccc1)C12CC3CC(CC(C3)C1)C2.[Y]. The smallest absolute Gasteiger partial charge is 0.109 e. The molecule has 1 aromatic rings. The molecule has 131 valence electrons. The van der Waals surface area contributed by atoms with Gasteiger partial charge in [0.05, 0.1) is 0 Å². The minimum absolute atomic E-state index is 0. The van der Waals surface area contributed by atoms with Crippen LogP contribution in [0.3, 0.4) is 0 Å². The number of hydrogen-bond acceptors (Lipinski definition) is 1. The van der Waals surface area contributed by atoms with Crippen molar-refractivity contribution < 1.29 is 37.5 Å². The summed E-state index contributed by atoms with van der Waals surface area (Å²) in [4.78, 5) is 12.8. The van der Waals surface area contributed by atoms with Crippen molar-refractivity contribution in [3.63, 3.8) is 0 Å². The average Bonchev–Trinajstić information content (AvgIpc) is 2.60. The Hall–Kier alpha value is -0.526. The number of allylic oxidation sites excluding steroid dienone is 3. The van der Waals surface area contributed by atoms with Crippen LogP contribution in [0.4, 0.5) is 0 Å². The van der Waals surface area contributed by atoms with E-state index in [4.69, 9.17) is 0 Å². The standard InChI is InChI=1S/C21H23O.C2H6.Y/c22-20(9-5-4-8-16-6-2-1-3-7-16)21-13-17-10-18(14-21)12-19(11-17)15-21;1-2;/h1-3,5-9,17-19H,10-15H2;1-2H3;/q-1;;/b9-5+;;. The van der Waals surface area contributed by atoms with E-state index in [1.54, 1.807) is 6.08 Å². The molecule has 1 aromatic carbocycles. The van der Waals surface area contributed by atoms with Crippen molar-refractivity contribution in [2.75, 3.05) is 0 Å². The van der Waals surface area contributed by atoms with Gasteiger partial charge in [-0.2, -0.15) is 18.2 Å². The first-order chi connectivity index (χ1) is 11.7. The van der Waals surface area contributed by atoms with Gasteiger partial charge in [-0.25, -0.2) is 0 Å². The Labute approximate surface area is 178 Å². The molecule has 4 bridgehead atoms. The molecular weight excluding hydrogens is 381 g/mol. The molecule has 0 saturated heterocycles. The van der Waals surface area contributed by atoms with Crippen molar-refractivity contribution in [3.8, 4) is 0 Å². The minimum atomic E-state index is -0.0142. The molecule has 0 heterocycles. The largest absolute Gasteiger partial charge is 0.309 e. The van der Waals surface area contributed by atoms with Gasteiger partial charge in [0.25, 0.3) is 0 Å². The fourth-order valence-corrected chi connectivity index (χ4v) is 5.41. The molecule has 4 aliphatic carbocycles. The second-order valence-electron chi connectivity index (χ2n) is 7.62. The normalized spacial score (nSPS) is 32.3. The summed E-state index contributed by atoms with van der Waals surface area (Å²) in [6.45, 7) is 4.00. The Balaban J connectivity index is 0.000000726. The topological polar surface area (TPSA) is 17.1 Å². The van der Waals surface area contributed by atoms with Crippen LogP contribution in [0, 0.1) is 29.2 Å². The summed E-state index contributed by atoms with van der Waals surface area (Å²) in [5.41, 5.74) is 1.11. The van der Waals surface area contributed by atoms with E-state index in [-0.39, 0.29) is 38.1 Å². The fourth-order valence-electron chi connectivity index (χ4n) is 5.41. The van der Waals surface area contributed by atoms with E-state index < -0.39 is 0 Å². The zero-order chi connectivity index (χ0) is 17.0. The molecule has 1 nitrogen and oxygen atoms in total. The van der Waals surface area contributed by atoms with E-state index in [1.165, 1.54) is 19.3 Å². The predicted octanol–water partition coefficient (Wildman–Crippen LogP) is 5.87. The number of carbonyl (C=O) groups excluding carboxylic acids is 1. The van der Waals surface area contributed by atoms with Gasteiger partial charge in [-0.3, -0.25) is 0 Å². The van der Waals surface area contributed by atoms with Crippen LogP contribution in [0.2, 0.25) is 0 Å². The second-order valence-corrected chi connectivity index (χ2v) is 7.62. The molecule has 0 aromatic heterocycles. The summed E-state index contributed by atoms with van der Waals surface area (Å²) in [6, 6.07) is 10.1.